The third-order valence-corrected chi connectivity index (χ3v) is 4.12. The van der Waals surface area contributed by atoms with Gasteiger partial charge in [-0.25, -0.2) is 9.36 Å². The maximum atomic E-state index is 12.7. The Labute approximate surface area is 138 Å². The topological polar surface area (TPSA) is 84.0 Å². The number of amides is 1. The molecule has 0 aliphatic carbocycles. The van der Waals surface area contributed by atoms with Gasteiger partial charge < -0.3 is 10.3 Å². The highest BCUT2D eigenvalue weighted by molar-refractivity contribution is 7.98. The van der Waals surface area contributed by atoms with Crippen LogP contribution in [0, 0.1) is 0 Å². The van der Waals surface area contributed by atoms with Crippen LogP contribution in [0.15, 0.2) is 33.9 Å². The van der Waals surface area contributed by atoms with Gasteiger partial charge in [0.25, 0.3) is 5.56 Å². The summed E-state index contributed by atoms with van der Waals surface area (Å²) in [5, 5.41) is 3.19. The van der Waals surface area contributed by atoms with Crippen molar-refractivity contribution < 1.29 is 4.79 Å². The normalized spacial score (nSPS) is 12.5. The number of hydrogen-bond acceptors (Lipinski definition) is 4. The highest BCUT2D eigenvalue weighted by Crippen LogP contribution is 2.13. The van der Waals surface area contributed by atoms with Gasteiger partial charge in [-0.1, -0.05) is 12.1 Å². The van der Waals surface area contributed by atoms with Gasteiger partial charge in [0.15, 0.2) is 0 Å². The van der Waals surface area contributed by atoms with E-state index in [1.54, 1.807) is 36.0 Å². The van der Waals surface area contributed by atoms with Crippen LogP contribution in [-0.2, 0) is 4.79 Å². The highest BCUT2D eigenvalue weighted by Gasteiger charge is 2.24. The number of thioether (sulfide) groups is 1. The Morgan fingerprint density at radius 2 is 2.00 bits per heavy atom. The number of aromatic amines is 1. The fraction of sp³-hybridized carbons (Fsp3) is 0.438. The van der Waals surface area contributed by atoms with Crippen molar-refractivity contribution in [2.45, 2.75) is 32.4 Å². The van der Waals surface area contributed by atoms with E-state index in [4.69, 9.17) is 0 Å². The number of rotatable bonds is 6. The number of H-pyrrole nitrogens is 1. The molecule has 0 bridgehead atoms. The van der Waals surface area contributed by atoms with Crippen LogP contribution >= 0.6 is 11.8 Å². The van der Waals surface area contributed by atoms with Crippen molar-refractivity contribution in [3.8, 4) is 0 Å². The minimum atomic E-state index is -0.814. The molecule has 1 heterocycles. The van der Waals surface area contributed by atoms with Crippen molar-refractivity contribution in [3.63, 3.8) is 0 Å². The van der Waals surface area contributed by atoms with E-state index in [-0.39, 0.29) is 11.9 Å². The number of benzene rings is 1. The number of fused-ring (bicyclic) bond motifs is 1. The number of carbonyl (C=O) groups is 1. The van der Waals surface area contributed by atoms with Gasteiger partial charge in [-0.2, -0.15) is 11.8 Å². The molecule has 7 heteroatoms. The van der Waals surface area contributed by atoms with Crippen LogP contribution in [0.1, 0.15) is 26.3 Å². The second-order valence-electron chi connectivity index (χ2n) is 5.61. The van der Waals surface area contributed by atoms with Crippen molar-refractivity contribution in [2.24, 2.45) is 0 Å². The molecule has 6 nitrogen and oxygen atoms in total. The fourth-order valence-electron chi connectivity index (χ4n) is 2.45. The van der Waals surface area contributed by atoms with Gasteiger partial charge in [0.1, 0.15) is 6.04 Å². The number of carbonyl (C=O) groups excluding carboxylic acids is 1. The summed E-state index contributed by atoms with van der Waals surface area (Å²) in [5.41, 5.74) is -0.514. The molecule has 1 unspecified atom stereocenters. The number of aromatic nitrogens is 2. The zero-order valence-electron chi connectivity index (χ0n) is 13.5. The van der Waals surface area contributed by atoms with Crippen LogP contribution in [0.25, 0.3) is 10.9 Å². The van der Waals surface area contributed by atoms with Crippen molar-refractivity contribution in [1.29, 1.82) is 0 Å². The molecule has 1 amide bonds. The minimum Gasteiger partial charge on any atom is -0.352 e. The highest BCUT2D eigenvalue weighted by atomic mass is 32.2. The SMILES string of the molecule is CSCCC(C(=O)NC(C)C)n1c(=O)[nH]c2ccccc2c1=O. The van der Waals surface area contributed by atoms with E-state index in [1.165, 1.54) is 0 Å². The molecule has 124 valence electrons. The lowest BCUT2D eigenvalue weighted by atomic mass is 10.1. The van der Waals surface area contributed by atoms with E-state index >= 15 is 0 Å². The second-order valence-corrected chi connectivity index (χ2v) is 6.60. The monoisotopic (exact) mass is 335 g/mol. The molecule has 23 heavy (non-hydrogen) atoms. The van der Waals surface area contributed by atoms with E-state index in [0.29, 0.717) is 23.1 Å². The van der Waals surface area contributed by atoms with E-state index in [0.717, 1.165) is 4.57 Å². The molecule has 0 saturated carbocycles. The average molecular weight is 335 g/mol. The summed E-state index contributed by atoms with van der Waals surface area (Å²) in [6.45, 7) is 3.69. The zero-order valence-corrected chi connectivity index (χ0v) is 14.3. The Bertz CT molecular complexity index is 810. The molecular weight excluding hydrogens is 314 g/mol. The lowest BCUT2D eigenvalue weighted by Crippen LogP contribution is -2.46. The molecule has 2 rings (SSSR count). The minimum absolute atomic E-state index is 0.0606. The first-order valence-electron chi connectivity index (χ1n) is 7.48. The lowest BCUT2D eigenvalue weighted by Gasteiger charge is -2.20. The third kappa shape index (κ3) is 3.85. The Kier molecular flexibility index (Phi) is 5.65. The van der Waals surface area contributed by atoms with Gasteiger partial charge in [0.2, 0.25) is 5.91 Å². The molecule has 0 saturated heterocycles. The molecule has 1 aromatic heterocycles. The fourth-order valence-corrected chi connectivity index (χ4v) is 2.91. The van der Waals surface area contributed by atoms with Crippen molar-refractivity contribution in [3.05, 3.63) is 45.1 Å². The predicted molar refractivity (Wildman–Crippen MR) is 94.1 cm³/mol. The summed E-state index contributed by atoms with van der Waals surface area (Å²) in [6, 6.07) is 5.93. The molecule has 2 aromatic rings. The molecule has 0 radical (unpaired) electrons. The van der Waals surface area contributed by atoms with Crippen LogP contribution in [0.4, 0.5) is 0 Å². The predicted octanol–water partition coefficient (Wildman–Crippen LogP) is 1.51. The summed E-state index contributed by atoms with van der Waals surface area (Å²) in [7, 11) is 0. The van der Waals surface area contributed by atoms with Crippen molar-refractivity contribution in [1.82, 2.24) is 14.9 Å². The molecule has 2 N–H and O–H groups in total. The largest absolute Gasteiger partial charge is 0.352 e. The van der Waals surface area contributed by atoms with Crippen LogP contribution in [0.5, 0.6) is 0 Å². The van der Waals surface area contributed by atoms with Gasteiger partial charge >= 0.3 is 5.69 Å². The quantitative estimate of drug-likeness (QED) is 0.838. The van der Waals surface area contributed by atoms with Gasteiger partial charge in [0.05, 0.1) is 10.9 Å². The first kappa shape index (κ1) is 17.3. The average Bonchev–Trinajstić information content (AvgIpc) is 2.49. The summed E-state index contributed by atoms with van der Waals surface area (Å²) in [5.74, 6) is 0.367. The van der Waals surface area contributed by atoms with E-state index in [2.05, 4.69) is 10.3 Å². The molecule has 0 spiro atoms. The maximum Gasteiger partial charge on any atom is 0.329 e. The maximum absolute atomic E-state index is 12.7. The van der Waals surface area contributed by atoms with Crippen LogP contribution in [-0.4, -0.2) is 33.5 Å². The number of nitrogens with zero attached hydrogens (tertiary/aromatic N) is 1. The Morgan fingerprint density at radius 3 is 2.65 bits per heavy atom. The van der Waals surface area contributed by atoms with Crippen LogP contribution in [0.2, 0.25) is 0 Å². The Balaban J connectivity index is 2.58. The van der Waals surface area contributed by atoms with Crippen LogP contribution in [0.3, 0.4) is 0 Å². The number of para-hydroxylation sites is 1. The lowest BCUT2D eigenvalue weighted by molar-refractivity contribution is -0.125. The van der Waals surface area contributed by atoms with Crippen LogP contribution < -0.4 is 16.6 Å². The molecule has 0 aliphatic heterocycles. The standard InChI is InChI=1S/C16H21N3O3S/c1-10(2)17-14(20)13(8-9-23-3)19-15(21)11-6-4-5-7-12(11)18-16(19)22/h4-7,10,13H,8-9H2,1-3H3,(H,17,20)(H,18,22). The van der Waals surface area contributed by atoms with E-state index in [1.807, 2.05) is 20.1 Å². The zero-order chi connectivity index (χ0) is 17.0. The molecule has 0 aliphatic rings. The smallest absolute Gasteiger partial charge is 0.329 e. The van der Waals surface area contributed by atoms with E-state index < -0.39 is 17.3 Å². The number of nitrogens with one attached hydrogen (secondary N) is 2. The first-order valence-corrected chi connectivity index (χ1v) is 8.88. The molecule has 1 atom stereocenters. The summed E-state index contributed by atoms with van der Waals surface area (Å²) in [4.78, 5) is 40.2. The number of hydrogen-bond donors (Lipinski definition) is 2. The first-order chi connectivity index (χ1) is 11.0. The molecule has 1 aromatic carbocycles. The van der Waals surface area contributed by atoms with Gasteiger partial charge in [0, 0.05) is 6.04 Å². The van der Waals surface area contributed by atoms with Crippen molar-refractivity contribution in [2.75, 3.05) is 12.0 Å². The summed E-state index contributed by atoms with van der Waals surface area (Å²) < 4.78 is 1.04. The van der Waals surface area contributed by atoms with Crippen molar-refractivity contribution >= 4 is 28.6 Å². The summed E-state index contributed by atoms with van der Waals surface area (Å²) in [6.07, 6.45) is 2.34. The van der Waals surface area contributed by atoms with Gasteiger partial charge in [-0.3, -0.25) is 9.59 Å². The third-order valence-electron chi connectivity index (χ3n) is 3.48. The van der Waals surface area contributed by atoms with E-state index in [9.17, 15) is 14.4 Å². The molecule has 0 fully saturated rings. The van der Waals surface area contributed by atoms with Gasteiger partial charge in [-0.15, -0.1) is 0 Å². The Morgan fingerprint density at radius 1 is 1.30 bits per heavy atom. The second kappa shape index (κ2) is 7.50. The Hall–Kier alpha value is -2.02. The summed E-state index contributed by atoms with van der Waals surface area (Å²) >= 11 is 1.57. The van der Waals surface area contributed by atoms with Gasteiger partial charge in [-0.05, 0) is 44.4 Å². The molecular formula is C16H21N3O3S.